The van der Waals surface area contributed by atoms with Gasteiger partial charge < -0.3 is 10.1 Å². The van der Waals surface area contributed by atoms with Gasteiger partial charge in [-0.05, 0) is 29.8 Å². The summed E-state index contributed by atoms with van der Waals surface area (Å²) in [6.07, 6.45) is 1.83. The Morgan fingerprint density at radius 2 is 2.08 bits per heavy atom. The second-order valence-corrected chi connectivity index (χ2v) is 5.88. The number of methoxy groups -OCH3 is 1. The Morgan fingerprint density at radius 1 is 1.24 bits per heavy atom. The summed E-state index contributed by atoms with van der Waals surface area (Å²) in [6, 6.07) is 14.0. The summed E-state index contributed by atoms with van der Waals surface area (Å²) in [4.78, 5) is 16.7. The van der Waals surface area contributed by atoms with Crippen LogP contribution < -0.4 is 10.1 Å². The number of benzene rings is 2. The third kappa shape index (κ3) is 2.65. The molecular formula is C19H16FN3O2. The molecule has 25 heavy (non-hydrogen) atoms. The topological polar surface area (TPSA) is 56.1 Å². The fourth-order valence-corrected chi connectivity index (χ4v) is 3.17. The first kappa shape index (κ1) is 15.4. The van der Waals surface area contributed by atoms with Gasteiger partial charge in [0, 0.05) is 12.3 Å². The summed E-state index contributed by atoms with van der Waals surface area (Å²) in [7, 11) is 1.60. The summed E-state index contributed by atoms with van der Waals surface area (Å²) in [6.45, 7) is 0. The maximum absolute atomic E-state index is 14.2. The highest BCUT2D eigenvalue weighted by Crippen LogP contribution is 2.38. The van der Waals surface area contributed by atoms with Gasteiger partial charge in [-0.1, -0.05) is 24.3 Å². The van der Waals surface area contributed by atoms with Gasteiger partial charge in [-0.2, -0.15) is 0 Å². The lowest BCUT2D eigenvalue weighted by Gasteiger charge is -2.23. The highest BCUT2D eigenvalue weighted by atomic mass is 19.1. The maximum atomic E-state index is 14.2. The van der Waals surface area contributed by atoms with Gasteiger partial charge in [-0.25, -0.2) is 9.37 Å². The predicted octanol–water partition coefficient (Wildman–Crippen LogP) is 3.49. The van der Waals surface area contributed by atoms with Crippen molar-refractivity contribution in [2.24, 2.45) is 0 Å². The number of hydrogen-bond donors (Lipinski definition) is 1. The number of fused-ring (bicyclic) bond motifs is 1. The minimum atomic E-state index is -0.375. The standard InChI is InChI=1S/C19H16FN3O2/c1-25-13-6-4-5-12(9-13)14-10-17(24)22-19-18(14)21-11-23(19)16-8-3-2-7-15(16)20/h2-9,11,14H,10H2,1H3,(H,22,24). The molecule has 0 fully saturated rings. The highest BCUT2D eigenvalue weighted by Gasteiger charge is 2.31. The molecule has 1 aliphatic heterocycles. The fourth-order valence-electron chi connectivity index (χ4n) is 3.17. The van der Waals surface area contributed by atoms with E-state index in [2.05, 4.69) is 10.3 Å². The van der Waals surface area contributed by atoms with Crippen LogP contribution in [-0.2, 0) is 4.79 Å². The lowest BCUT2D eigenvalue weighted by molar-refractivity contribution is -0.116. The molecule has 1 amide bonds. The quantitative estimate of drug-likeness (QED) is 0.796. The maximum Gasteiger partial charge on any atom is 0.226 e. The molecule has 2 heterocycles. The minimum Gasteiger partial charge on any atom is -0.497 e. The average molecular weight is 337 g/mol. The van der Waals surface area contributed by atoms with Crippen molar-refractivity contribution in [3.8, 4) is 11.4 Å². The number of amides is 1. The summed E-state index contributed by atoms with van der Waals surface area (Å²) < 4.78 is 21.0. The number of halogens is 1. The Kier molecular flexibility index (Phi) is 3.72. The van der Waals surface area contributed by atoms with E-state index in [-0.39, 0.29) is 24.1 Å². The molecule has 0 bridgehead atoms. The molecule has 6 heteroatoms. The summed E-state index contributed by atoms with van der Waals surface area (Å²) in [5.74, 6) is 0.526. The first-order valence-corrected chi connectivity index (χ1v) is 7.93. The number of para-hydroxylation sites is 1. The van der Waals surface area contributed by atoms with Crippen LogP contribution >= 0.6 is 0 Å². The molecule has 0 radical (unpaired) electrons. The van der Waals surface area contributed by atoms with Gasteiger partial charge >= 0.3 is 0 Å². The third-order valence-electron chi connectivity index (χ3n) is 4.38. The number of carbonyl (C=O) groups excluding carboxylic acids is 1. The molecule has 5 nitrogen and oxygen atoms in total. The van der Waals surface area contributed by atoms with Crippen molar-refractivity contribution < 1.29 is 13.9 Å². The Hall–Kier alpha value is -3.15. The van der Waals surface area contributed by atoms with Crippen molar-refractivity contribution in [2.75, 3.05) is 12.4 Å². The van der Waals surface area contributed by atoms with Gasteiger partial charge in [0.1, 0.15) is 23.7 Å². The highest BCUT2D eigenvalue weighted by molar-refractivity contribution is 5.94. The molecule has 1 aliphatic rings. The SMILES string of the molecule is COc1cccc(C2CC(=O)Nc3c2ncn3-c2ccccc2F)c1. The summed E-state index contributed by atoms with van der Waals surface area (Å²) in [5, 5.41) is 2.83. The Labute approximate surface area is 144 Å². The van der Waals surface area contributed by atoms with Gasteiger partial charge in [0.15, 0.2) is 0 Å². The van der Waals surface area contributed by atoms with E-state index in [1.54, 1.807) is 36.2 Å². The predicted molar refractivity (Wildman–Crippen MR) is 91.6 cm³/mol. The zero-order valence-electron chi connectivity index (χ0n) is 13.6. The number of anilines is 1. The number of hydrogen-bond acceptors (Lipinski definition) is 3. The summed E-state index contributed by atoms with van der Waals surface area (Å²) in [5.41, 5.74) is 2.01. The second-order valence-electron chi connectivity index (χ2n) is 5.88. The van der Waals surface area contributed by atoms with Gasteiger partial charge in [0.05, 0.1) is 18.5 Å². The van der Waals surface area contributed by atoms with Crippen molar-refractivity contribution in [3.63, 3.8) is 0 Å². The van der Waals surface area contributed by atoms with E-state index in [4.69, 9.17) is 4.74 Å². The number of carbonyl (C=O) groups is 1. The van der Waals surface area contributed by atoms with Crippen LogP contribution in [0, 0.1) is 5.82 Å². The third-order valence-corrected chi connectivity index (χ3v) is 4.38. The van der Waals surface area contributed by atoms with Crippen molar-refractivity contribution >= 4 is 11.7 Å². The van der Waals surface area contributed by atoms with E-state index in [0.29, 0.717) is 11.5 Å². The number of nitrogens with one attached hydrogen (secondary N) is 1. The molecular weight excluding hydrogens is 321 g/mol. The molecule has 2 aromatic carbocycles. The van der Waals surface area contributed by atoms with Crippen LogP contribution in [-0.4, -0.2) is 22.6 Å². The monoisotopic (exact) mass is 337 g/mol. The van der Waals surface area contributed by atoms with Crippen LogP contribution in [0.25, 0.3) is 5.69 Å². The van der Waals surface area contributed by atoms with Crippen LogP contribution in [0.2, 0.25) is 0 Å². The summed E-state index contributed by atoms with van der Waals surface area (Å²) >= 11 is 0. The van der Waals surface area contributed by atoms with Crippen LogP contribution in [0.4, 0.5) is 10.2 Å². The second kappa shape index (κ2) is 6.05. The molecule has 0 saturated heterocycles. The molecule has 1 unspecified atom stereocenters. The van der Waals surface area contributed by atoms with Crippen molar-refractivity contribution in [3.05, 3.63) is 71.9 Å². The van der Waals surface area contributed by atoms with Gasteiger partial charge in [-0.3, -0.25) is 9.36 Å². The van der Waals surface area contributed by atoms with Gasteiger partial charge in [-0.15, -0.1) is 0 Å². The smallest absolute Gasteiger partial charge is 0.226 e. The van der Waals surface area contributed by atoms with E-state index in [0.717, 1.165) is 17.0 Å². The first-order valence-electron chi connectivity index (χ1n) is 7.93. The van der Waals surface area contributed by atoms with E-state index in [1.807, 2.05) is 24.3 Å². The van der Waals surface area contributed by atoms with Gasteiger partial charge in [0.2, 0.25) is 5.91 Å². The molecule has 0 saturated carbocycles. The van der Waals surface area contributed by atoms with Crippen molar-refractivity contribution in [1.29, 1.82) is 0 Å². The zero-order chi connectivity index (χ0) is 17.4. The fraction of sp³-hybridized carbons (Fsp3) is 0.158. The van der Waals surface area contributed by atoms with E-state index >= 15 is 0 Å². The minimum absolute atomic E-state index is 0.126. The largest absolute Gasteiger partial charge is 0.497 e. The molecule has 1 aromatic heterocycles. The van der Waals surface area contributed by atoms with E-state index in [1.165, 1.54) is 6.07 Å². The van der Waals surface area contributed by atoms with Crippen molar-refractivity contribution in [2.45, 2.75) is 12.3 Å². The molecule has 0 aliphatic carbocycles. The first-order chi connectivity index (χ1) is 12.2. The number of rotatable bonds is 3. The van der Waals surface area contributed by atoms with E-state index < -0.39 is 0 Å². The molecule has 3 aromatic rings. The number of ether oxygens (including phenoxy) is 1. The zero-order valence-corrected chi connectivity index (χ0v) is 13.6. The molecule has 0 spiro atoms. The van der Waals surface area contributed by atoms with E-state index in [9.17, 15) is 9.18 Å². The number of aromatic nitrogens is 2. The molecule has 4 rings (SSSR count). The van der Waals surface area contributed by atoms with Crippen LogP contribution in [0.5, 0.6) is 5.75 Å². The van der Waals surface area contributed by atoms with Gasteiger partial charge in [0.25, 0.3) is 0 Å². The lowest BCUT2D eigenvalue weighted by atomic mass is 9.89. The average Bonchev–Trinajstić information content (AvgIpc) is 3.05. The Morgan fingerprint density at radius 3 is 2.88 bits per heavy atom. The number of nitrogens with zero attached hydrogens (tertiary/aromatic N) is 2. The molecule has 126 valence electrons. The van der Waals surface area contributed by atoms with Crippen molar-refractivity contribution in [1.82, 2.24) is 9.55 Å². The van der Waals surface area contributed by atoms with Crippen LogP contribution in [0.15, 0.2) is 54.9 Å². The Bertz CT molecular complexity index is 951. The number of imidazole rings is 1. The van der Waals surface area contributed by atoms with Crippen LogP contribution in [0.1, 0.15) is 23.6 Å². The normalized spacial score (nSPS) is 16.2. The van der Waals surface area contributed by atoms with Crippen LogP contribution in [0.3, 0.4) is 0 Å². The molecule has 1 atom stereocenters. The Balaban J connectivity index is 1.83. The molecule has 1 N–H and O–H groups in total. The lowest BCUT2D eigenvalue weighted by Crippen LogP contribution is -2.25.